The van der Waals surface area contributed by atoms with Crippen molar-refractivity contribution in [3.63, 3.8) is 0 Å². The highest BCUT2D eigenvalue weighted by atomic mass is 32.2. The van der Waals surface area contributed by atoms with E-state index in [-0.39, 0.29) is 117 Å². The van der Waals surface area contributed by atoms with Crippen LogP contribution in [-0.2, 0) is 84.7 Å². The fourth-order valence-corrected chi connectivity index (χ4v) is 23.3. The standard InChI is InChI=1S/C68H70N8O12S6/c1-7-27-89(77,78)55-35-49-50(36-56(55)90(79,80)28-8-2)65-72-63(49)70-61-47-26-22-44(21-25-46-33-43-18-17-41-13-15-42(16-14-41)19-23-45(46)24-20-43)34-48(47)62(69-61)71-64-51-37-57(91(81,82)29-9-3)58(92(83,84)30-10-4)38-52(51)66(73-64)75-68-54-40-60(94(87,88)32-12-6)59(93(85,86)31-11-5)39-53(54)67(74-65)76-68/h13-16,20-22,24-26,33-40H,7-12,17-19,23,27-32H2,1-6H3,(H2,69,70,71,72,73,74,75,76)/b25-21-. The van der Waals surface area contributed by atoms with Gasteiger partial charge in [0.05, 0.1) is 63.9 Å². The molecule has 0 unspecified atom stereocenters. The quantitative estimate of drug-likeness (QED) is 0.0670. The van der Waals surface area contributed by atoms with Gasteiger partial charge >= 0.3 is 0 Å². The molecule has 0 amide bonds. The molecule has 0 fully saturated rings. The van der Waals surface area contributed by atoms with Crippen LogP contribution in [0.15, 0.2) is 126 Å². The van der Waals surface area contributed by atoms with Gasteiger partial charge in [0, 0.05) is 43.8 Å². The maximum Gasteiger partial charge on any atom is 0.179 e. The molecule has 4 aliphatic carbocycles. The van der Waals surface area contributed by atoms with Crippen molar-refractivity contribution < 1.29 is 50.5 Å². The van der Waals surface area contributed by atoms with E-state index in [0.717, 1.165) is 42.4 Å². The monoisotopic (exact) mass is 1380 g/mol. The molecule has 15 rings (SSSR count). The molecule has 0 saturated heterocycles. The highest BCUT2D eigenvalue weighted by Crippen LogP contribution is 2.44. The highest BCUT2D eigenvalue weighted by Gasteiger charge is 2.35. The summed E-state index contributed by atoms with van der Waals surface area (Å²) in [6.07, 6.45) is 8.23. The Labute approximate surface area is 547 Å². The average Bonchev–Trinajstić information content (AvgIpc) is 1.61. The second-order valence-electron chi connectivity index (χ2n) is 24.0. The Bertz CT molecular complexity index is 5580. The second kappa shape index (κ2) is 25.4. The summed E-state index contributed by atoms with van der Waals surface area (Å²) in [5.74, 6) is -3.17. The molecule has 0 radical (unpaired) electrons. The normalized spacial score (nSPS) is 13.8. The van der Waals surface area contributed by atoms with Gasteiger partial charge in [0.1, 0.15) is 22.6 Å². The van der Waals surface area contributed by atoms with Gasteiger partial charge in [-0.2, -0.15) is 0 Å². The first kappa shape index (κ1) is 66.2. The van der Waals surface area contributed by atoms with Crippen molar-refractivity contribution in [1.29, 1.82) is 0 Å². The molecule has 2 N–H and O–H groups in total. The maximum absolute atomic E-state index is 14.4. The predicted molar refractivity (Wildman–Crippen MR) is 367 cm³/mol. The third-order valence-corrected chi connectivity index (χ3v) is 29.1. The van der Waals surface area contributed by atoms with Crippen molar-refractivity contribution >= 4 is 115 Å². The Morgan fingerprint density at radius 1 is 0.319 bits per heavy atom. The van der Waals surface area contributed by atoms with Crippen LogP contribution in [0.2, 0.25) is 0 Å². The van der Waals surface area contributed by atoms with Gasteiger partial charge in [-0.05, 0) is 146 Å². The molecule has 9 aromatic rings. The Morgan fingerprint density at radius 2 is 0.628 bits per heavy atom. The summed E-state index contributed by atoms with van der Waals surface area (Å²) in [4.78, 5) is 33.7. The lowest BCUT2D eigenvalue weighted by Gasteiger charge is -2.13. The molecule has 6 aromatic carbocycles. The molecule has 26 heteroatoms. The van der Waals surface area contributed by atoms with Crippen LogP contribution < -0.4 is 0 Å². The van der Waals surface area contributed by atoms with Gasteiger partial charge in [0.2, 0.25) is 0 Å². The first-order chi connectivity index (χ1) is 44.7. The summed E-state index contributed by atoms with van der Waals surface area (Å²) in [5, 5.41) is 0.926. The molecule has 12 bridgehead atoms. The second-order valence-corrected chi connectivity index (χ2v) is 36.5. The van der Waals surface area contributed by atoms with Crippen molar-refractivity contribution in [2.75, 3.05) is 34.5 Å². The Morgan fingerprint density at radius 3 is 0.989 bits per heavy atom. The Kier molecular flexibility index (Phi) is 17.8. The Hall–Kier alpha value is -7.88. The number of sulfone groups is 6. The topological polar surface area (TPSA) is 314 Å². The first-order valence-corrected chi connectivity index (χ1v) is 41.4. The van der Waals surface area contributed by atoms with E-state index in [4.69, 9.17) is 29.9 Å². The van der Waals surface area contributed by atoms with E-state index in [1.165, 1.54) is 53.1 Å². The SMILES string of the molecule is CCCS(=O)(=O)c1cc2c(cc1S(=O)(=O)CCC)-c1nc-2nc2[nH]c(nc3nc(nc4[nH]c(n1)c1cc(S(=O)(=O)CCC)c(S(=O)(=O)CCC)cc41)-c1cc(S(=O)(=O)CCC)c(S(=O)(=O)CCC)cc1-3)c1cc(/C=C\c3cc4ccc3CCc3ccc(cc3)CC4)ccc21. The van der Waals surface area contributed by atoms with E-state index in [1.807, 2.05) is 24.3 Å². The van der Waals surface area contributed by atoms with Gasteiger partial charge in [0.15, 0.2) is 82.3 Å². The third kappa shape index (κ3) is 12.6. The molecule has 20 nitrogen and oxygen atoms in total. The summed E-state index contributed by atoms with van der Waals surface area (Å²) in [6.45, 7) is 9.88. The van der Waals surface area contributed by atoms with Crippen molar-refractivity contribution in [1.82, 2.24) is 39.9 Å². The van der Waals surface area contributed by atoms with Gasteiger partial charge in [0.25, 0.3) is 0 Å². The average molecular weight is 1380 g/mol. The van der Waals surface area contributed by atoms with Crippen LogP contribution in [0, 0.1) is 0 Å². The van der Waals surface area contributed by atoms with Crippen molar-refractivity contribution in [2.45, 2.75) is 135 Å². The van der Waals surface area contributed by atoms with E-state index in [9.17, 15) is 50.5 Å². The predicted octanol–water partition coefficient (Wildman–Crippen LogP) is 12.0. The Balaban J connectivity index is 1.23. The van der Waals surface area contributed by atoms with Crippen LogP contribution >= 0.6 is 0 Å². The summed E-state index contributed by atoms with van der Waals surface area (Å²) in [5.41, 5.74) is 6.72. The van der Waals surface area contributed by atoms with E-state index < -0.39 is 123 Å². The van der Waals surface area contributed by atoms with Crippen LogP contribution in [0.5, 0.6) is 0 Å². The molecule has 3 aromatic heterocycles. The van der Waals surface area contributed by atoms with Crippen LogP contribution in [0.1, 0.15) is 113 Å². The molecule has 6 aliphatic rings. The van der Waals surface area contributed by atoms with Crippen LogP contribution in [-0.4, -0.2) is 125 Å². The van der Waals surface area contributed by atoms with E-state index in [1.54, 1.807) is 41.5 Å². The largest absolute Gasteiger partial charge is 0.324 e. The zero-order valence-corrected chi connectivity index (χ0v) is 57.6. The number of benzene rings is 6. The smallest absolute Gasteiger partial charge is 0.179 e. The van der Waals surface area contributed by atoms with Gasteiger partial charge in [-0.15, -0.1) is 0 Å². The molecule has 0 atom stereocenters. The molecule has 0 spiro atoms. The number of aromatic nitrogens is 8. The first-order valence-electron chi connectivity index (χ1n) is 31.5. The lowest BCUT2D eigenvalue weighted by atomic mass is 9.93. The third-order valence-electron chi connectivity index (χ3n) is 17.0. The molecule has 490 valence electrons. The minimum absolute atomic E-state index is 0.00288. The number of nitrogens with one attached hydrogen (secondary N) is 2. The number of fused-ring (bicyclic) bond motifs is 20. The molecule has 0 saturated carbocycles. The molecular formula is C68H70N8O12S6. The minimum atomic E-state index is -4.36. The lowest BCUT2D eigenvalue weighted by Crippen LogP contribution is -2.15. The maximum atomic E-state index is 14.4. The summed E-state index contributed by atoms with van der Waals surface area (Å²) >= 11 is 0. The van der Waals surface area contributed by atoms with Crippen molar-refractivity contribution in [3.05, 3.63) is 130 Å². The number of rotatable bonds is 20. The summed E-state index contributed by atoms with van der Waals surface area (Å²) in [6, 6.07) is 28.2. The molecule has 2 aliphatic heterocycles. The van der Waals surface area contributed by atoms with Crippen molar-refractivity contribution in [3.8, 4) is 45.6 Å². The van der Waals surface area contributed by atoms with E-state index in [0.29, 0.717) is 10.8 Å². The molecule has 94 heavy (non-hydrogen) atoms. The molecule has 5 heterocycles. The molecular weight excluding hydrogens is 1310 g/mol. The summed E-state index contributed by atoms with van der Waals surface area (Å²) < 4.78 is 173. The number of aromatic amines is 2. The van der Waals surface area contributed by atoms with Crippen LogP contribution in [0.3, 0.4) is 0 Å². The van der Waals surface area contributed by atoms with Crippen LogP contribution in [0.4, 0.5) is 0 Å². The van der Waals surface area contributed by atoms with Gasteiger partial charge < -0.3 is 9.97 Å². The highest BCUT2D eigenvalue weighted by molar-refractivity contribution is 7.95. The van der Waals surface area contributed by atoms with Gasteiger partial charge in [-0.25, -0.2) is 80.4 Å². The zero-order chi connectivity index (χ0) is 66.9. The summed E-state index contributed by atoms with van der Waals surface area (Å²) in [7, 11) is -26.0. The van der Waals surface area contributed by atoms with E-state index >= 15 is 0 Å². The fraction of sp³-hybridized carbons (Fsp3) is 0.324. The zero-order valence-electron chi connectivity index (χ0n) is 52.7. The number of H-pyrrole nitrogens is 2. The lowest BCUT2D eigenvalue weighted by molar-refractivity contribution is 0.581. The number of aryl methyl sites for hydroxylation is 4. The van der Waals surface area contributed by atoms with Gasteiger partial charge in [-0.1, -0.05) is 102 Å². The van der Waals surface area contributed by atoms with Gasteiger partial charge in [-0.3, -0.25) is 0 Å². The number of hydrogen-bond acceptors (Lipinski definition) is 18. The van der Waals surface area contributed by atoms with Crippen molar-refractivity contribution in [2.24, 2.45) is 0 Å². The van der Waals surface area contributed by atoms with Crippen LogP contribution in [0.25, 0.3) is 102 Å². The van der Waals surface area contributed by atoms with E-state index in [2.05, 4.69) is 58.5 Å². The minimum Gasteiger partial charge on any atom is -0.324 e. The number of hydrogen-bond donors (Lipinski definition) is 2. The number of nitrogens with zero attached hydrogens (tertiary/aromatic N) is 6. The fourth-order valence-electron chi connectivity index (χ4n) is 12.5.